The zero-order valence-electron chi connectivity index (χ0n) is 20.6. The van der Waals surface area contributed by atoms with Crippen LogP contribution in [0.4, 0.5) is 10.7 Å². The molecule has 0 aliphatic rings. The molecule has 0 fully saturated rings. The molecule has 35 heavy (non-hydrogen) atoms. The fourth-order valence-corrected chi connectivity index (χ4v) is 3.41. The third-order valence-electron chi connectivity index (χ3n) is 4.93. The molecule has 3 aromatic rings. The van der Waals surface area contributed by atoms with Crippen LogP contribution in [-0.2, 0) is 17.8 Å². The van der Waals surface area contributed by atoms with Crippen LogP contribution in [0.1, 0.15) is 54.2 Å². The summed E-state index contributed by atoms with van der Waals surface area (Å²) in [6.07, 6.45) is 2.99. The molecule has 0 radical (unpaired) electrons. The highest BCUT2D eigenvalue weighted by atomic mass is 16.5. The van der Waals surface area contributed by atoms with Gasteiger partial charge < -0.3 is 20.4 Å². The third-order valence-corrected chi connectivity index (χ3v) is 4.93. The zero-order chi connectivity index (χ0) is 25.8. The van der Waals surface area contributed by atoms with E-state index in [-0.39, 0.29) is 18.1 Å². The number of nitrogens with two attached hydrogens (primary N) is 1. The summed E-state index contributed by atoms with van der Waals surface area (Å²) in [5.41, 5.74) is 7.67. The molecular weight excluding hydrogens is 450 g/mol. The molecule has 2 aromatic heterocycles. The molecule has 0 unspecified atom stereocenters. The summed E-state index contributed by atoms with van der Waals surface area (Å²) in [5.74, 6) is -0.630. The summed E-state index contributed by atoms with van der Waals surface area (Å²) in [7, 11) is 0. The second kappa shape index (κ2) is 10.4. The van der Waals surface area contributed by atoms with Gasteiger partial charge in [0.1, 0.15) is 12.3 Å². The number of rotatable bonds is 8. The van der Waals surface area contributed by atoms with Crippen molar-refractivity contribution in [3.63, 3.8) is 0 Å². The molecule has 0 aliphatic heterocycles. The Bertz CT molecular complexity index is 1280. The number of anilines is 1. The van der Waals surface area contributed by atoms with Crippen LogP contribution in [-0.4, -0.2) is 49.4 Å². The number of fused-ring (bicyclic) bond motifs is 1. The Hall–Kier alpha value is -4.15. The first kappa shape index (κ1) is 25.5. The highest BCUT2D eigenvalue weighted by molar-refractivity contribution is 6.03. The molecule has 1 aromatic carbocycles. The molecule has 4 N–H and O–H groups in total. The Morgan fingerprint density at radius 3 is 2.57 bits per heavy atom. The lowest BCUT2D eigenvalue weighted by Crippen LogP contribution is -2.40. The second-order valence-electron chi connectivity index (χ2n) is 9.00. The van der Waals surface area contributed by atoms with E-state index in [9.17, 15) is 14.4 Å². The van der Waals surface area contributed by atoms with Gasteiger partial charge in [0.15, 0.2) is 0 Å². The Balaban J connectivity index is 1.83. The highest BCUT2D eigenvalue weighted by Crippen LogP contribution is 2.22. The van der Waals surface area contributed by atoms with Crippen molar-refractivity contribution in [2.75, 3.05) is 11.9 Å². The van der Waals surface area contributed by atoms with Crippen molar-refractivity contribution in [2.24, 2.45) is 5.73 Å². The zero-order valence-corrected chi connectivity index (χ0v) is 20.6. The van der Waals surface area contributed by atoms with E-state index < -0.39 is 12.0 Å². The number of hydrogen-bond donors (Lipinski definition) is 3. The number of ether oxygens (including phenoxy) is 1. The summed E-state index contributed by atoms with van der Waals surface area (Å²) in [4.78, 5) is 40.9. The largest absolute Gasteiger partial charge is 0.445 e. The van der Waals surface area contributed by atoms with Gasteiger partial charge in [0.05, 0.1) is 16.7 Å². The van der Waals surface area contributed by atoms with E-state index in [2.05, 4.69) is 20.7 Å². The molecular formula is C24H31N7O4. The Morgan fingerprint density at radius 2 is 1.91 bits per heavy atom. The lowest BCUT2D eigenvalue weighted by atomic mass is 10.1. The quantitative estimate of drug-likeness (QED) is 0.422. The van der Waals surface area contributed by atoms with Gasteiger partial charge in [-0.1, -0.05) is 6.08 Å². The molecule has 0 atom stereocenters. The maximum atomic E-state index is 13.0. The van der Waals surface area contributed by atoms with Gasteiger partial charge in [-0.2, -0.15) is 5.10 Å². The van der Waals surface area contributed by atoms with E-state index >= 15 is 0 Å². The number of aryl methyl sites for hydroxylation is 2. The van der Waals surface area contributed by atoms with E-state index in [1.165, 1.54) is 0 Å². The van der Waals surface area contributed by atoms with E-state index in [0.717, 1.165) is 5.69 Å². The Labute approximate surface area is 203 Å². The molecule has 3 rings (SSSR count). The van der Waals surface area contributed by atoms with Crippen molar-refractivity contribution in [1.82, 2.24) is 24.6 Å². The molecule has 0 aliphatic carbocycles. The smallest absolute Gasteiger partial charge is 0.407 e. The predicted octanol–water partition coefficient (Wildman–Crippen LogP) is 2.99. The normalized spacial score (nSPS) is 11.7. The van der Waals surface area contributed by atoms with Gasteiger partial charge in [0, 0.05) is 24.2 Å². The maximum absolute atomic E-state index is 13.0. The summed E-state index contributed by atoms with van der Waals surface area (Å²) in [6.45, 7) is 10.3. The van der Waals surface area contributed by atoms with Crippen molar-refractivity contribution in [3.05, 3.63) is 53.4 Å². The van der Waals surface area contributed by atoms with Crippen molar-refractivity contribution >= 4 is 34.9 Å². The predicted molar refractivity (Wildman–Crippen MR) is 132 cm³/mol. The van der Waals surface area contributed by atoms with Crippen LogP contribution in [0.15, 0.2) is 36.4 Å². The molecule has 0 saturated carbocycles. The van der Waals surface area contributed by atoms with Crippen LogP contribution in [0.3, 0.4) is 0 Å². The molecule has 0 spiro atoms. The van der Waals surface area contributed by atoms with E-state index in [1.54, 1.807) is 45.7 Å². The lowest BCUT2D eigenvalue weighted by Gasteiger charge is -2.19. The topological polar surface area (TPSA) is 146 Å². The molecule has 0 bridgehead atoms. The second-order valence-corrected chi connectivity index (χ2v) is 9.00. The van der Waals surface area contributed by atoms with Crippen LogP contribution in [0.25, 0.3) is 11.0 Å². The summed E-state index contributed by atoms with van der Waals surface area (Å²) in [5, 5.41) is 9.88. The maximum Gasteiger partial charge on any atom is 0.407 e. The molecule has 11 nitrogen and oxygen atoms in total. The number of alkyl carbamates (subject to hydrolysis) is 1. The fourth-order valence-electron chi connectivity index (χ4n) is 3.41. The van der Waals surface area contributed by atoms with Crippen molar-refractivity contribution in [2.45, 2.75) is 53.2 Å². The molecule has 0 saturated heterocycles. The van der Waals surface area contributed by atoms with Crippen LogP contribution in [0.2, 0.25) is 0 Å². The van der Waals surface area contributed by atoms with E-state index in [4.69, 9.17) is 10.5 Å². The number of aromatic nitrogens is 4. The number of carbonyl (C=O) groups excluding carboxylic acids is 3. The number of nitrogens with one attached hydrogen (secondary N) is 2. The minimum atomic E-state index is -0.570. The van der Waals surface area contributed by atoms with Gasteiger partial charge in [-0.05, 0) is 65.0 Å². The monoisotopic (exact) mass is 481 g/mol. The first-order valence-electron chi connectivity index (χ1n) is 11.2. The minimum absolute atomic E-state index is 0.0804. The summed E-state index contributed by atoms with van der Waals surface area (Å²) in [6, 6.07) is 6.61. The number of amides is 3. The SMILES string of the molecule is CCn1nc(C)cc1C(=O)Nc1nc2cc(C(N)=O)ccc2n1C/C=C/COC(=O)NC(C)(C)C. The van der Waals surface area contributed by atoms with Gasteiger partial charge >= 0.3 is 6.09 Å². The average molecular weight is 482 g/mol. The summed E-state index contributed by atoms with van der Waals surface area (Å²) < 4.78 is 8.55. The van der Waals surface area contributed by atoms with Gasteiger partial charge in [-0.25, -0.2) is 9.78 Å². The number of allylic oxidation sites excluding steroid dienone is 1. The van der Waals surface area contributed by atoms with Gasteiger partial charge in [0.2, 0.25) is 11.9 Å². The minimum Gasteiger partial charge on any atom is -0.445 e. The first-order chi connectivity index (χ1) is 16.5. The van der Waals surface area contributed by atoms with Crippen LogP contribution in [0, 0.1) is 6.92 Å². The standard InChI is InChI=1S/C24H31N7O4/c1-6-31-19(13-15(2)29-31)21(33)27-22-26-17-14-16(20(25)32)9-10-18(17)30(22)11-7-8-12-35-23(34)28-24(3,4)5/h7-10,13-14H,6,11-12H2,1-5H3,(H2,25,32)(H,28,34)(H,26,27,33)/b8-7+. The number of carbonyl (C=O) groups is 3. The fraction of sp³-hybridized carbons (Fsp3) is 0.375. The van der Waals surface area contributed by atoms with Crippen molar-refractivity contribution < 1.29 is 19.1 Å². The van der Waals surface area contributed by atoms with Crippen LogP contribution < -0.4 is 16.4 Å². The summed E-state index contributed by atoms with van der Waals surface area (Å²) >= 11 is 0. The highest BCUT2D eigenvalue weighted by Gasteiger charge is 2.18. The molecule has 3 amide bonds. The van der Waals surface area contributed by atoms with Crippen LogP contribution in [0.5, 0.6) is 0 Å². The van der Waals surface area contributed by atoms with Gasteiger partial charge in [-0.3, -0.25) is 19.6 Å². The lowest BCUT2D eigenvalue weighted by molar-refractivity contribution is 0.0996. The first-order valence-corrected chi connectivity index (χ1v) is 11.2. The average Bonchev–Trinajstić information content (AvgIpc) is 3.31. The number of primary amides is 1. The van der Waals surface area contributed by atoms with Crippen molar-refractivity contribution in [1.29, 1.82) is 0 Å². The Morgan fingerprint density at radius 1 is 1.17 bits per heavy atom. The van der Waals surface area contributed by atoms with Crippen molar-refractivity contribution in [3.8, 4) is 0 Å². The van der Waals surface area contributed by atoms with E-state index in [1.807, 2.05) is 34.6 Å². The van der Waals surface area contributed by atoms with Gasteiger partial charge in [0.25, 0.3) is 5.91 Å². The third kappa shape index (κ3) is 6.46. The number of imidazole rings is 1. The van der Waals surface area contributed by atoms with Gasteiger partial charge in [-0.15, -0.1) is 0 Å². The number of benzene rings is 1. The number of nitrogens with zero attached hydrogens (tertiary/aromatic N) is 4. The Kier molecular flexibility index (Phi) is 7.58. The van der Waals surface area contributed by atoms with E-state index in [0.29, 0.717) is 41.3 Å². The molecule has 186 valence electrons. The van der Waals surface area contributed by atoms with Crippen LogP contribution >= 0.6 is 0 Å². The molecule has 11 heteroatoms. The molecule has 2 heterocycles. The number of hydrogen-bond acceptors (Lipinski definition) is 6.